The Labute approximate surface area is 121 Å². The van der Waals surface area contributed by atoms with Gasteiger partial charge in [-0.25, -0.2) is 14.8 Å². The predicted molar refractivity (Wildman–Crippen MR) is 82.6 cm³/mol. The van der Waals surface area contributed by atoms with Gasteiger partial charge >= 0.3 is 5.97 Å². The topological polar surface area (TPSA) is 75.1 Å². The van der Waals surface area contributed by atoms with Crippen molar-refractivity contribution >= 4 is 34.5 Å². The summed E-state index contributed by atoms with van der Waals surface area (Å²) in [5.74, 6) is -0.224. The summed E-state index contributed by atoms with van der Waals surface area (Å²) in [4.78, 5) is 19.3. The van der Waals surface area contributed by atoms with Gasteiger partial charge in [0, 0.05) is 16.7 Å². The van der Waals surface area contributed by atoms with Crippen LogP contribution in [-0.2, 0) is 0 Å². The summed E-state index contributed by atoms with van der Waals surface area (Å²) in [7, 11) is 0. The smallest absolute Gasteiger partial charge is 0.335 e. The lowest BCUT2D eigenvalue weighted by atomic mass is 10.1. The number of anilines is 1. The number of thioether (sulfide) groups is 1. The second kappa shape index (κ2) is 5.66. The molecule has 2 rings (SSSR count). The minimum absolute atomic E-state index is 0.0955. The van der Waals surface area contributed by atoms with Crippen molar-refractivity contribution in [3.05, 3.63) is 30.1 Å². The van der Waals surface area contributed by atoms with E-state index in [1.54, 1.807) is 30.0 Å². The Hall–Kier alpha value is -1.82. The summed E-state index contributed by atoms with van der Waals surface area (Å²) in [6.45, 7) is 5.06. The summed E-state index contributed by atoms with van der Waals surface area (Å²) in [5.41, 5.74) is 0.857. The van der Waals surface area contributed by atoms with Crippen LogP contribution in [0.25, 0.3) is 10.9 Å². The lowest BCUT2D eigenvalue weighted by molar-refractivity contribution is 0.0697. The highest BCUT2D eigenvalue weighted by Crippen LogP contribution is 2.24. The Balaban J connectivity index is 2.33. The van der Waals surface area contributed by atoms with E-state index >= 15 is 0 Å². The molecule has 0 spiro atoms. The second-order valence-electron chi connectivity index (χ2n) is 5.08. The van der Waals surface area contributed by atoms with Crippen LogP contribution in [0.2, 0.25) is 0 Å². The van der Waals surface area contributed by atoms with E-state index < -0.39 is 5.97 Å². The maximum Gasteiger partial charge on any atom is 0.335 e. The van der Waals surface area contributed by atoms with Crippen LogP contribution in [0.3, 0.4) is 0 Å². The standard InChI is InChI=1S/C14H17N3O2S/c1-14(2,20-3)7-15-12-10-5-4-9(13(18)19)6-11(10)16-8-17-12/h4-6,8H,7H2,1-3H3,(H,18,19)(H,15,16,17). The van der Waals surface area contributed by atoms with Crippen molar-refractivity contribution in [1.29, 1.82) is 0 Å². The van der Waals surface area contributed by atoms with Gasteiger partial charge in [0.05, 0.1) is 11.1 Å². The average molecular weight is 291 g/mol. The molecule has 0 aliphatic carbocycles. The summed E-state index contributed by atoms with van der Waals surface area (Å²) in [6.07, 6.45) is 3.52. The second-order valence-corrected chi connectivity index (χ2v) is 6.59. The van der Waals surface area contributed by atoms with E-state index in [1.807, 2.05) is 0 Å². The molecule has 0 amide bonds. The van der Waals surface area contributed by atoms with Gasteiger partial charge < -0.3 is 10.4 Å². The Morgan fingerprint density at radius 2 is 2.15 bits per heavy atom. The van der Waals surface area contributed by atoms with Gasteiger partial charge in [-0.3, -0.25) is 0 Å². The maximum atomic E-state index is 11.0. The molecule has 0 aliphatic rings. The molecule has 20 heavy (non-hydrogen) atoms. The fourth-order valence-corrected chi connectivity index (χ4v) is 1.92. The number of hydrogen-bond acceptors (Lipinski definition) is 5. The van der Waals surface area contributed by atoms with Crippen LogP contribution in [0.5, 0.6) is 0 Å². The molecule has 5 nitrogen and oxygen atoms in total. The highest BCUT2D eigenvalue weighted by atomic mass is 32.2. The van der Waals surface area contributed by atoms with Crippen molar-refractivity contribution in [3.63, 3.8) is 0 Å². The molecule has 6 heteroatoms. The summed E-state index contributed by atoms with van der Waals surface area (Å²) < 4.78 is 0.0955. The number of hydrogen-bond donors (Lipinski definition) is 2. The number of rotatable bonds is 5. The Morgan fingerprint density at radius 1 is 1.40 bits per heavy atom. The summed E-state index contributed by atoms with van der Waals surface area (Å²) in [5, 5.41) is 13.1. The van der Waals surface area contributed by atoms with Crippen LogP contribution < -0.4 is 5.32 Å². The molecule has 0 bridgehead atoms. The predicted octanol–water partition coefficient (Wildman–Crippen LogP) is 2.88. The number of carboxylic acid groups (broad SMARTS) is 1. The normalized spacial score (nSPS) is 11.6. The molecule has 106 valence electrons. The molecule has 1 aromatic carbocycles. The van der Waals surface area contributed by atoms with Crippen LogP contribution in [0, 0.1) is 0 Å². The number of benzene rings is 1. The fourth-order valence-electron chi connectivity index (χ4n) is 1.70. The van der Waals surface area contributed by atoms with Gasteiger partial charge in [-0.2, -0.15) is 11.8 Å². The van der Waals surface area contributed by atoms with Gasteiger partial charge in [0.15, 0.2) is 0 Å². The average Bonchev–Trinajstić information content (AvgIpc) is 2.44. The van der Waals surface area contributed by atoms with Crippen molar-refractivity contribution in [2.75, 3.05) is 18.1 Å². The van der Waals surface area contributed by atoms with Crippen molar-refractivity contribution in [1.82, 2.24) is 9.97 Å². The molecule has 2 N–H and O–H groups in total. The maximum absolute atomic E-state index is 11.0. The van der Waals surface area contributed by atoms with Crippen molar-refractivity contribution in [2.24, 2.45) is 0 Å². The summed E-state index contributed by atoms with van der Waals surface area (Å²) in [6, 6.07) is 4.87. The highest BCUT2D eigenvalue weighted by Gasteiger charge is 2.16. The van der Waals surface area contributed by atoms with Crippen LogP contribution in [0.4, 0.5) is 5.82 Å². The van der Waals surface area contributed by atoms with Crippen LogP contribution in [0.1, 0.15) is 24.2 Å². The zero-order valence-electron chi connectivity index (χ0n) is 11.7. The van der Waals surface area contributed by atoms with E-state index in [0.29, 0.717) is 5.52 Å². The molecule has 0 atom stereocenters. The van der Waals surface area contributed by atoms with Gasteiger partial charge in [-0.15, -0.1) is 0 Å². The fraction of sp³-hybridized carbons (Fsp3) is 0.357. The first-order valence-electron chi connectivity index (χ1n) is 6.20. The molecule has 0 unspecified atom stereocenters. The lowest BCUT2D eigenvalue weighted by Gasteiger charge is -2.22. The van der Waals surface area contributed by atoms with Gasteiger partial charge in [0.1, 0.15) is 12.1 Å². The quantitative estimate of drug-likeness (QED) is 0.882. The molecule has 0 saturated heterocycles. The van der Waals surface area contributed by atoms with Gasteiger partial charge in [0.25, 0.3) is 0 Å². The number of carboxylic acids is 1. The largest absolute Gasteiger partial charge is 0.478 e. The van der Waals surface area contributed by atoms with Gasteiger partial charge in [0.2, 0.25) is 0 Å². The highest BCUT2D eigenvalue weighted by molar-refractivity contribution is 7.99. The number of fused-ring (bicyclic) bond motifs is 1. The Kier molecular flexibility index (Phi) is 4.13. The molecular formula is C14H17N3O2S. The first-order chi connectivity index (χ1) is 9.43. The molecule has 1 aromatic heterocycles. The molecule has 1 heterocycles. The van der Waals surface area contributed by atoms with Crippen LogP contribution >= 0.6 is 11.8 Å². The van der Waals surface area contributed by atoms with E-state index in [-0.39, 0.29) is 10.3 Å². The van der Waals surface area contributed by atoms with E-state index in [2.05, 4.69) is 35.4 Å². The monoisotopic (exact) mass is 291 g/mol. The van der Waals surface area contributed by atoms with Crippen LogP contribution in [-0.4, -0.2) is 38.6 Å². The zero-order chi connectivity index (χ0) is 14.8. The minimum atomic E-state index is -0.955. The summed E-state index contributed by atoms with van der Waals surface area (Å²) >= 11 is 1.77. The number of nitrogens with zero attached hydrogens (tertiary/aromatic N) is 2. The lowest BCUT2D eigenvalue weighted by Crippen LogP contribution is -2.26. The van der Waals surface area contributed by atoms with Crippen molar-refractivity contribution in [3.8, 4) is 0 Å². The van der Waals surface area contributed by atoms with Gasteiger partial charge in [-0.1, -0.05) is 0 Å². The zero-order valence-corrected chi connectivity index (χ0v) is 12.5. The first-order valence-corrected chi connectivity index (χ1v) is 7.42. The number of aromatic carboxylic acids is 1. The molecule has 0 radical (unpaired) electrons. The van der Waals surface area contributed by atoms with E-state index in [9.17, 15) is 4.79 Å². The third-order valence-electron chi connectivity index (χ3n) is 3.12. The minimum Gasteiger partial charge on any atom is -0.478 e. The van der Waals surface area contributed by atoms with E-state index in [4.69, 9.17) is 5.11 Å². The molecule has 0 fully saturated rings. The molecule has 0 saturated carbocycles. The van der Waals surface area contributed by atoms with Crippen molar-refractivity contribution in [2.45, 2.75) is 18.6 Å². The molecule has 2 aromatic rings. The number of aromatic nitrogens is 2. The van der Waals surface area contributed by atoms with Crippen molar-refractivity contribution < 1.29 is 9.90 Å². The SMILES string of the molecule is CSC(C)(C)CNc1ncnc2cc(C(=O)O)ccc12. The van der Waals surface area contributed by atoms with E-state index in [0.717, 1.165) is 17.7 Å². The Bertz CT molecular complexity index is 643. The number of nitrogens with one attached hydrogen (secondary N) is 1. The first kappa shape index (κ1) is 14.6. The van der Waals surface area contributed by atoms with E-state index in [1.165, 1.54) is 6.33 Å². The third kappa shape index (κ3) is 3.19. The van der Waals surface area contributed by atoms with Gasteiger partial charge in [-0.05, 0) is 38.3 Å². The molecule has 0 aliphatic heterocycles. The third-order valence-corrected chi connectivity index (χ3v) is 4.37. The molecular weight excluding hydrogens is 274 g/mol. The number of carbonyl (C=O) groups is 1. The van der Waals surface area contributed by atoms with Crippen LogP contribution in [0.15, 0.2) is 24.5 Å². The Morgan fingerprint density at radius 3 is 2.80 bits per heavy atom.